The van der Waals surface area contributed by atoms with Gasteiger partial charge in [0.1, 0.15) is 0 Å². The number of hydrogen-bond acceptors (Lipinski definition) is 2. The summed E-state index contributed by atoms with van der Waals surface area (Å²) in [5.41, 5.74) is -0.0376. The van der Waals surface area contributed by atoms with Gasteiger partial charge in [-0.25, -0.2) is 0 Å². The van der Waals surface area contributed by atoms with Gasteiger partial charge in [-0.1, -0.05) is 0 Å². The van der Waals surface area contributed by atoms with Crippen molar-refractivity contribution in [1.29, 1.82) is 0 Å². The van der Waals surface area contributed by atoms with Crippen LogP contribution in [0.3, 0.4) is 0 Å². The van der Waals surface area contributed by atoms with E-state index >= 15 is 0 Å². The van der Waals surface area contributed by atoms with Crippen LogP contribution in [0.4, 0.5) is 0 Å². The van der Waals surface area contributed by atoms with Gasteiger partial charge >= 0.3 is 0 Å². The lowest BCUT2D eigenvalue weighted by molar-refractivity contribution is 0.168. The third kappa shape index (κ3) is 1.31. The lowest BCUT2D eigenvalue weighted by atomic mass is 9.71. The Kier molecular flexibility index (Phi) is 1.65. The highest BCUT2D eigenvalue weighted by atomic mass is 32.2. The van der Waals surface area contributed by atoms with Crippen LogP contribution in [0.5, 0.6) is 0 Å². The molecule has 0 heterocycles. The van der Waals surface area contributed by atoms with Crippen molar-refractivity contribution in [2.75, 3.05) is 5.75 Å². The predicted molar refractivity (Wildman–Crippen MR) is 52.4 cm³/mol. The lowest BCUT2D eigenvalue weighted by Crippen LogP contribution is -2.34. The van der Waals surface area contributed by atoms with Crippen molar-refractivity contribution in [2.24, 2.45) is 23.2 Å². The molecule has 4 aliphatic carbocycles. The second kappa shape index (κ2) is 2.53. The van der Waals surface area contributed by atoms with Crippen LogP contribution >= 0.6 is 0 Å². The predicted octanol–water partition coefficient (Wildman–Crippen LogP) is 1.70. The molecular formula is C10H16O3S. The average Bonchev–Trinajstić information content (AvgIpc) is 2.32. The molecule has 3 nitrogen and oxygen atoms in total. The fraction of sp³-hybridized carbons (Fsp3) is 1.00. The number of rotatable bonds is 2. The van der Waals surface area contributed by atoms with Crippen molar-refractivity contribution in [3.63, 3.8) is 0 Å². The second-order valence-corrected chi connectivity index (χ2v) is 7.15. The molecule has 0 aromatic rings. The summed E-state index contributed by atoms with van der Waals surface area (Å²) in [7, 11) is -3.77. The van der Waals surface area contributed by atoms with Gasteiger partial charge in [0.05, 0.1) is 5.75 Å². The maximum Gasteiger partial charge on any atom is 0.265 e. The van der Waals surface area contributed by atoms with Crippen molar-refractivity contribution < 1.29 is 13.0 Å². The Hall–Kier alpha value is -0.0900. The molecule has 1 N–H and O–H groups in total. The molecule has 2 unspecified atom stereocenters. The van der Waals surface area contributed by atoms with Crippen LogP contribution < -0.4 is 0 Å². The molecule has 0 aromatic heterocycles. The fourth-order valence-electron chi connectivity index (χ4n) is 4.54. The SMILES string of the molecule is O=S(=O)(O)CC12CC3CC(C1)C(C3)C2. The van der Waals surface area contributed by atoms with Gasteiger partial charge in [-0.05, 0) is 55.3 Å². The molecule has 2 atom stereocenters. The Morgan fingerprint density at radius 2 is 1.71 bits per heavy atom. The van der Waals surface area contributed by atoms with Gasteiger partial charge in [0, 0.05) is 0 Å². The first-order valence-corrected chi connectivity index (χ1v) is 7.02. The highest BCUT2D eigenvalue weighted by molar-refractivity contribution is 7.85. The van der Waals surface area contributed by atoms with Crippen LogP contribution in [-0.2, 0) is 10.1 Å². The molecule has 0 amide bonds. The summed E-state index contributed by atoms with van der Waals surface area (Å²) in [6.45, 7) is 0. The average molecular weight is 216 g/mol. The van der Waals surface area contributed by atoms with Crippen LogP contribution in [0.1, 0.15) is 32.1 Å². The molecular weight excluding hydrogens is 200 g/mol. The van der Waals surface area contributed by atoms with E-state index in [4.69, 9.17) is 4.55 Å². The largest absolute Gasteiger partial charge is 0.286 e. The maximum atomic E-state index is 11.0. The molecule has 4 rings (SSSR count). The minimum absolute atomic E-state index is 0.0174. The summed E-state index contributed by atoms with van der Waals surface area (Å²) >= 11 is 0. The molecule has 80 valence electrons. The molecule has 0 aromatic carbocycles. The molecule has 14 heavy (non-hydrogen) atoms. The van der Waals surface area contributed by atoms with E-state index in [2.05, 4.69) is 0 Å². The minimum Gasteiger partial charge on any atom is -0.286 e. The van der Waals surface area contributed by atoms with E-state index in [-0.39, 0.29) is 11.2 Å². The molecule has 0 aliphatic heterocycles. The maximum absolute atomic E-state index is 11.0. The van der Waals surface area contributed by atoms with E-state index in [1.54, 1.807) is 0 Å². The summed E-state index contributed by atoms with van der Waals surface area (Å²) in [6, 6.07) is 0. The third-order valence-electron chi connectivity index (χ3n) is 4.54. The van der Waals surface area contributed by atoms with Gasteiger partial charge in [-0.15, -0.1) is 0 Å². The minimum atomic E-state index is -3.77. The third-order valence-corrected chi connectivity index (χ3v) is 5.52. The van der Waals surface area contributed by atoms with Crippen molar-refractivity contribution >= 4 is 10.1 Å². The normalized spacial score (nSPS) is 50.2. The van der Waals surface area contributed by atoms with Crippen molar-refractivity contribution in [2.45, 2.75) is 32.1 Å². The van der Waals surface area contributed by atoms with E-state index in [1.807, 2.05) is 0 Å². The molecule has 4 fully saturated rings. The summed E-state index contributed by atoms with van der Waals surface area (Å²) in [4.78, 5) is 0. The standard InChI is InChI=1S/C10H16O3S/c11-14(12,13)6-10-3-7-1-8(4-10)9(2-7)5-10/h7-9H,1-6H2,(H,11,12,13). The Bertz CT molecular complexity index is 340. The van der Waals surface area contributed by atoms with Gasteiger partial charge < -0.3 is 0 Å². The number of hydrogen-bond donors (Lipinski definition) is 1. The first-order valence-electron chi connectivity index (χ1n) is 5.41. The van der Waals surface area contributed by atoms with Crippen molar-refractivity contribution in [3.05, 3.63) is 0 Å². The molecule has 0 radical (unpaired) electrons. The molecule has 4 heteroatoms. The Morgan fingerprint density at radius 3 is 2.14 bits per heavy atom. The Balaban J connectivity index is 1.87. The molecule has 0 saturated heterocycles. The summed E-state index contributed by atoms with van der Waals surface area (Å²) in [5.74, 6) is 2.32. The highest BCUT2D eigenvalue weighted by Crippen LogP contribution is 2.64. The van der Waals surface area contributed by atoms with Crippen LogP contribution in [0, 0.1) is 23.2 Å². The van der Waals surface area contributed by atoms with Crippen LogP contribution in [-0.4, -0.2) is 18.7 Å². The zero-order valence-corrected chi connectivity index (χ0v) is 8.96. The van der Waals surface area contributed by atoms with Crippen LogP contribution in [0.25, 0.3) is 0 Å². The van der Waals surface area contributed by atoms with E-state index in [0.29, 0.717) is 0 Å². The van der Waals surface area contributed by atoms with Gasteiger partial charge in [0.25, 0.3) is 10.1 Å². The summed E-state index contributed by atoms with van der Waals surface area (Å²) in [6.07, 6.45) is 5.78. The fourth-order valence-corrected chi connectivity index (χ4v) is 5.67. The Labute approximate surface area is 84.6 Å². The zero-order valence-electron chi connectivity index (χ0n) is 8.15. The first-order chi connectivity index (χ1) is 6.46. The van der Waals surface area contributed by atoms with Crippen LogP contribution in [0.15, 0.2) is 0 Å². The first kappa shape index (κ1) is 9.16. The quantitative estimate of drug-likeness (QED) is 0.715. The lowest BCUT2D eigenvalue weighted by Gasteiger charge is -2.37. The monoisotopic (exact) mass is 216 g/mol. The molecule has 4 bridgehead atoms. The van der Waals surface area contributed by atoms with Crippen LogP contribution in [0.2, 0.25) is 0 Å². The van der Waals surface area contributed by atoms with Crippen molar-refractivity contribution in [3.8, 4) is 0 Å². The topological polar surface area (TPSA) is 54.4 Å². The zero-order chi connectivity index (χ0) is 9.97. The second-order valence-electron chi connectivity index (χ2n) is 5.70. The molecule has 0 spiro atoms. The van der Waals surface area contributed by atoms with Gasteiger partial charge in [0.2, 0.25) is 0 Å². The van der Waals surface area contributed by atoms with Gasteiger partial charge in [-0.3, -0.25) is 4.55 Å². The van der Waals surface area contributed by atoms with E-state index in [0.717, 1.165) is 37.0 Å². The van der Waals surface area contributed by atoms with Gasteiger partial charge in [-0.2, -0.15) is 8.42 Å². The van der Waals surface area contributed by atoms with Gasteiger partial charge in [0.15, 0.2) is 0 Å². The summed E-state index contributed by atoms with van der Waals surface area (Å²) in [5, 5.41) is 0. The van der Waals surface area contributed by atoms with E-state index < -0.39 is 10.1 Å². The smallest absolute Gasteiger partial charge is 0.265 e. The van der Waals surface area contributed by atoms with Crippen molar-refractivity contribution in [1.82, 2.24) is 0 Å². The van der Waals surface area contributed by atoms with E-state index in [9.17, 15) is 8.42 Å². The summed E-state index contributed by atoms with van der Waals surface area (Å²) < 4.78 is 30.9. The van der Waals surface area contributed by atoms with E-state index in [1.165, 1.54) is 12.8 Å². The Morgan fingerprint density at radius 1 is 1.14 bits per heavy atom. The molecule has 4 saturated carbocycles. The highest BCUT2D eigenvalue weighted by Gasteiger charge is 2.56. The molecule has 4 aliphatic rings.